The van der Waals surface area contributed by atoms with Crippen LogP contribution in [0.25, 0.3) is 10.9 Å². The van der Waals surface area contributed by atoms with Crippen molar-refractivity contribution >= 4 is 10.9 Å². The fraction of sp³-hybridized carbons (Fsp3) is 0.556. The van der Waals surface area contributed by atoms with E-state index in [-0.39, 0.29) is 6.10 Å². The van der Waals surface area contributed by atoms with Crippen LogP contribution in [0.4, 0.5) is 0 Å². The lowest BCUT2D eigenvalue weighted by Gasteiger charge is -2.32. The number of piperidine rings is 1. The lowest BCUT2D eigenvalue weighted by Crippen LogP contribution is -2.47. The van der Waals surface area contributed by atoms with E-state index in [1.165, 1.54) is 10.6 Å². The Balaban J connectivity index is 1.35. The molecule has 6 nitrogen and oxygen atoms in total. The maximum Gasteiger partial charge on any atom is 0.126 e. The first-order valence-corrected chi connectivity index (χ1v) is 8.81. The Bertz CT molecular complexity index is 694. The van der Waals surface area contributed by atoms with E-state index in [1.54, 1.807) is 0 Å². The zero-order valence-corrected chi connectivity index (χ0v) is 13.7. The number of aromatic amines is 1. The van der Waals surface area contributed by atoms with Gasteiger partial charge in [-0.3, -0.25) is 0 Å². The van der Waals surface area contributed by atoms with E-state index >= 15 is 0 Å². The summed E-state index contributed by atoms with van der Waals surface area (Å²) < 4.78 is 6.08. The Morgan fingerprint density at radius 1 is 1.29 bits per heavy atom. The van der Waals surface area contributed by atoms with Gasteiger partial charge in [-0.15, -0.1) is 0 Å². The molecule has 2 unspecified atom stereocenters. The van der Waals surface area contributed by atoms with Crippen molar-refractivity contribution in [2.45, 2.75) is 43.9 Å². The number of aromatic nitrogens is 1. The van der Waals surface area contributed by atoms with Crippen LogP contribution in [0.3, 0.4) is 0 Å². The zero-order valence-electron chi connectivity index (χ0n) is 13.7. The van der Waals surface area contributed by atoms with E-state index in [0.29, 0.717) is 25.7 Å². The van der Waals surface area contributed by atoms with Crippen LogP contribution in [-0.4, -0.2) is 58.2 Å². The molecule has 1 fully saturated rings. The van der Waals surface area contributed by atoms with Gasteiger partial charge in [-0.25, -0.2) is 0 Å². The van der Waals surface area contributed by atoms with E-state index in [2.05, 4.69) is 22.4 Å². The molecule has 0 spiro atoms. The summed E-state index contributed by atoms with van der Waals surface area (Å²) in [5.74, 6) is 0.894. The Labute approximate surface area is 141 Å². The minimum atomic E-state index is -0.521. The van der Waals surface area contributed by atoms with Crippen LogP contribution >= 0.6 is 0 Å². The standard InChI is InChI=1S/C18H25N3O3/c22-16(11-20-14-4-7-21(23)8-5-14)17-2-1-13-9-15-12(3-6-19-15)10-18(13)24-17/h3,6,9-10,14,16-17,19-20,22-23H,1-2,4-5,7-8,11H2. The average Bonchev–Trinajstić information content (AvgIpc) is 3.05. The molecule has 24 heavy (non-hydrogen) atoms. The number of H-pyrrole nitrogens is 1. The molecule has 4 rings (SSSR count). The molecule has 2 aromatic rings. The summed E-state index contributed by atoms with van der Waals surface area (Å²) >= 11 is 0. The third-order valence-electron chi connectivity index (χ3n) is 5.23. The number of nitrogens with zero attached hydrogens (tertiary/aromatic N) is 1. The Kier molecular flexibility index (Phi) is 4.45. The highest BCUT2D eigenvalue weighted by Gasteiger charge is 2.27. The molecule has 0 aliphatic carbocycles. The van der Waals surface area contributed by atoms with Gasteiger partial charge in [0.25, 0.3) is 0 Å². The first-order chi connectivity index (χ1) is 11.7. The number of hydrogen-bond donors (Lipinski definition) is 4. The molecular weight excluding hydrogens is 306 g/mol. The van der Waals surface area contributed by atoms with Crippen LogP contribution in [0.2, 0.25) is 0 Å². The number of ether oxygens (including phenoxy) is 1. The molecule has 3 heterocycles. The molecule has 6 heteroatoms. The van der Waals surface area contributed by atoms with Crippen LogP contribution < -0.4 is 10.1 Å². The zero-order chi connectivity index (χ0) is 16.5. The average molecular weight is 331 g/mol. The number of aliphatic hydroxyl groups excluding tert-OH is 1. The van der Waals surface area contributed by atoms with Gasteiger partial charge < -0.3 is 25.4 Å². The summed E-state index contributed by atoms with van der Waals surface area (Å²) in [6.07, 6.45) is 4.81. The topological polar surface area (TPSA) is 80.8 Å². The van der Waals surface area contributed by atoms with Gasteiger partial charge in [-0.1, -0.05) is 0 Å². The highest BCUT2D eigenvalue weighted by Crippen LogP contribution is 2.32. The molecule has 0 amide bonds. The van der Waals surface area contributed by atoms with Crippen molar-refractivity contribution in [1.82, 2.24) is 15.4 Å². The highest BCUT2D eigenvalue weighted by atomic mass is 16.5. The first kappa shape index (κ1) is 15.9. The molecule has 1 aromatic heterocycles. The Morgan fingerprint density at radius 3 is 2.96 bits per heavy atom. The lowest BCUT2D eigenvalue weighted by molar-refractivity contribution is -0.108. The summed E-state index contributed by atoms with van der Waals surface area (Å²) in [5, 5.41) is 25.8. The quantitative estimate of drug-likeness (QED) is 0.685. The van der Waals surface area contributed by atoms with Gasteiger partial charge >= 0.3 is 0 Å². The van der Waals surface area contributed by atoms with Crippen molar-refractivity contribution in [1.29, 1.82) is 0 Å². The van der Waals surface area contributed by atoms with Crippen molar-refractivity contribution in [3.8, 4) is 5.75 Å². The number of hydrogen-bond acceptors (Lipinski definition) is 5. The molecule has 2 atom stereocenters. The largest absolute Gasteiger partial charge is 0.487 e. The van der Waals surface area contributed by atoms with Gasteiger partial charge in [0, 0.05) is 42.8 Å². The van der Waals surface area contributed by atoms with Gasteiger partial charge in [0.15, 0.2) is 0 Å². The SMILES string of the molecule is OC(CNC1CCN(O)CC1)C1CCc2cc3[nH]ccc3cc2O1. The van der Waals surface area contributed by atoms with E-state index in [0.717, 1.165) is 42.3 Å². The third kappa shape index (κ3) is 3.28. The van der Waals surface area contributed by atoms with Gasteiger partial charge in [-0.2, -0.15) is 5.06 Å². The van der Waals surface area contributed by atoms with Crippen molar-refractivity contribution in [3.63, 3.8) is 0 Å². The Hall–Kier alpha value is -1.60. The van der Waals surface area contributed by atoms with Crippen molar-refractivity contribution < 1.29 is 15.1 Å². The number of aliphatic hydroxyl groups is 1. The lowest BCUT2D eigenvalue weighted by atomic mass is 9.97. The molecule has 2 aliphatic rings. The molecule has 0 saturated carbocycles. The van der Waals surface area contributed by atoms with Crippen molar-refractivity contribution in [2.24, 2.45) is 0 Å². The molecule has 1 saturated heterocycles. The third-order valence-corrected chi connectivity index (χ3v) is 5.23. The smallest absolute Gasteiger partial charge is 0.126 e. The predicted molar refractivity (Wildman–Crippen MR) is 91.4 cm³/mol. The van der Waals surface area contributed by atoms with E-state index in [9.17, 15) is 10.3 Å². The van der Waals surface area contributed by atoms with E-state index in [4.69, 9.17) is 4.74 Å². The molecule has 1 aromatic carbocycles. The second-order valence-electron chi connectivity index (χ2n) is 6.92. The van der Waals surface area contributed by atoms with Gasteiger partial charge in [0.2, 0.25) is 0 Å². The first-order valence-electron chi connectivity index (χ1n) is 8.81. The molecular formula is C18H25N3O3. The second-order valence-corrected chi connectivity index (χ2v) is 6.92. The number of hydroxylamine groups is 2. The van der Waals surface area contributed by atoms with Crippen molar-refractivity contribution in [3.05, 3.63) is 30.0 Å². The summed E-state index contributed by atoms with van der Waals surface area (Å²) in [4.78, 5) is 3.23. The van der Waals surface area contributed by atoms with Crippen LogP contribution in [0.5, 0.6) is 5.75 Å². The molecule has 2 aliphatic heterocycles. The minimum Gasteiger partial charge on any atom is -0.487 e. The van der Waals surface area contributed by atoms with Crippen LogP contribution in [0.1, 0.15) is 24.8 Å². The summed E-state index contributed by atoms with van der Waals surface area (Å²) in [6, 6.07) is 6.60. The highest BCUT2D eigenvalue weighted by molar-refractivity contribution is 5.82. The Morgan fingerprint density at radius 2 is 2.12 bits per heavy atom. The number of nitrogens with one attached hydrogen (secondary N) is 2. The fourth-order valence-corrected chi connectivity index (χ4v) is 3.71. The molecule has 0 radical (unpaired) electrons. The summed E-state index contributed by atoms with van der Waals surface area (Å²) in [7, 11) is 0. The fourth-order valence-electron chi connectivity index (χ4n) is 3.71. The number of rotatable bonds is 4. The second kappa shape index (κ2) is 6.72. The van der Waals surface area contributed by atoms with E-state index in [1.807, 2.05) is 12.3 Å². The monoisotopic (exact) mass is 331 g/mol. The molecule has 0 bridgehead atoms. The maximum atomic E-state index is 10.5. The molecule has 130 valence electrons. The van der Waals surface area contributed by atoms with Gasteiger partial charge in [0.05, 0.1) is 0 Å². The van der Waals surface area contributed by atoms with Gasteiger partial charge in [0.1, 0.15) is 18.0 Å². The van der Waals surface area contributed by atoms with Crippen LogP contribution in [0, 0.1) is 0 Å². The van der Waals surface area contributed by atoms with Crippen LogP contribution in [-0.2, 0) is 6.42 Å². The normalized spacial score (nSPS) is 23.8. The van der Waals surface area contributed by atoms with E-state index < -0.39 is 6.10 Å². The minimum absolute atomic E-state index is 0.167. The van der Waals surface area contributed by atoms with Gasteiger partial charge in [-0.05, 0) is 49.4 Å². The maximum absolute atomic E-state index is 10.5. The number of aryl methyl sites for hydroxylation is 1. The summed E-state index contributed by atoms with van der Waals surface area (Å²) in [5.41, 5.74) is 2.34. The predicted octanol–water partition coefficient (Wildman–Crippen LogP) is 1.67. The number of benzene rings is 1. The summed E-state index contributed by atoms with van der Waals surface area (Å²) in [6.45, 7) is 1.91. The van der Waals surface area contributed by atoms with Crippen molar-refractivity contribution in [2.75, 3.05) is 19.6 Å². The number of fused-ring (bicyclic) bond motifs is 2. The van der Waals surface area contributed by atoms with Crippen LogP contribution in [0.15, 0.2) is 24.4 Å². The molecule has 4 N–H and O–H groups in total.